The molecule has 20 heavy (non-hydrogen) atoms. The van der Waals surface area contributed by atoms with Crippen LogP contribution in [0.4, 0.5) is 0 Å². The van der Waals surface area contributed by atoms with Crippen LogP contribution in [-0.2, 0) is 11.3 Å². The Morgan fingerprint density at radius 2 is 2.10 bits per heavy atom. The van der Waals surface area contributed by atoms with Crippen molar-refractivity contribution >= 4 is 15.9 Å². The van der Waals surface area contributed by atoms with Gasteiger partial charge in [0, 0.05) is 7.11 Å². The van der Waals surface area contributed by atoms with Gasteiger partial charge < -0.3 is 10.1 Å². The summed E-state index contributed by atoms with van der Waals surface area (Å²) in [7, 11) is 3.80. The van der Waals surface area contributed by atoms with Gasteiger partial charge in [-0.2, -0.15) is 5.10 Å². The molecule has 1 aliphatic rings. The molecule has 0 amide bonds. The van der Waals surface area contributed by atoms with E-state index in [0.29, 0.717) is 18.6 Å². The Morgan fingerprint density at radius 3 is 2.70 bits per heavy atom. The van der Waals surface area contributed by atoms with Crippen LogP contribution in [0.5, 0.6) is 0 Å². The lowest BCUT2D eigenvalue weighted by Gasteiger charge is -2.27. The van der Waals surface area contributed by atoms with Gasteiger partial charge in [0.05, 0.1) is 35.6 Å². The molecule has 1 atom stereocenters. The van der Waals surface area contributed by atoms with Gasteiger partial charge in [0.1, 0.15) is 0 Å². The van der Waals surface area contributed by atoms with Gasteiger partial charge in [0.25, 0.3) is 0 Å². The third kappa shape index (κ3) is 3.83. The van der Waals surface area contributed by atoms with E-state index in [-0.39, 0.29) is 0 Å². The van der Waals surface area contributed by atoms with E-state index in [4.69, 9.17) is 4.74 Å². The molecule has 0 radical (unpaired) electrons. The van der Waals surface area contributed by atoms with Crippen LogP contribution in [0.1, 0.15) is 50.3 Å². The summed E-state index contributed by atoms with van der Waals surface area (Å²) >= 11 is 3.67. The zero-order valence-corrected chi connectivity index (χ0v) is 14.2. The molecule has 0 saturated heterocycles. The Hall–Kier alpha value is -0.390. The van der Waals surface area contributed by atoms with Crippen molar-refractivity contribution in [2.75, 3.05) is 20.8 Å². The van der Waals surface area contributed by atoms with Crippen LogP contribution in [0.3, 0.4) is 0 Å². The van der Waals surface area contributed by atoms with Gasteiger partial charge in [-0.05, 0) is 41.7 Å². The SMILES string of the molecule is CNC(c1c(Br)cnn1CCOC)C1CCCCCC1. The highest BCUT2D eigenvalue weighted by Gasteiger charge is 2.27. The van der Waals surface area contributed by atoms with Crippen LogP contribution in [-0.4, -0.2) is 30.5 Å². The molecule has 1 aromatic heterocycles. The fraction of sp³-hybridized carbons (Fsp3) is 0.800. The van der Waals surface area contributed by atoms with Gasteiger partial charge in [-0.15, -0.1) is 0 Å². The average Bonchev–Trinajstić information content (AvgIpc) is 2.68. The van der Waals surface area contributed by atoms with Crippen molar-refractivity contribution in [3.8, 4) is 0 Å². The first-order valence-electron chi connectivity index (χ1n) is 7.65. The van der Waals surface area contributed by atoms with Crippen molar-refractivity contribution in [2.45, 2.75) is 51.1 Å². The highest BCUT2D eigenvalue weighted by Crippen LogP contribution is 2.36. The predicted molar refractivity (Wildman–Crippen MR) is 84.8 cm³/mol. The summed E-state index contributed by atoms with van der Waals surface area (Å²) in [5, 5.41) is 8.02. The van der Waals surface area contributed by atoms with Crippen molar-refractivity contribution in [3.05, 3.63) is 16.4 Å². The first-order chi connectivity index (χ1) is 9.77. The standard InChI is InChI=1S/C15H26BrN3O/c1-17-14(12-7-5-3-4-6-8-12)15-13(16)11-18-19(15)9-10-20-2/h11-12,14,17H,3-10H2,1-2H3. The molecule has 1 aromatic rings. The van der Waals surface area contributed by atoms with Gasteiger partial charge in [0.15, 0.2) is 0 Å². The Morgan fingerprint density at radius 1 is 1.40 bits per heavy atom. The first kappa shape index (κ1) is 16.0. The minimum absolute atomic E-state index is 0.377. The quantitative estimate of drug-likeness (QED) is 0.803. The molecule has 1 heterocycles. The topological polar surface area (TPSA) is 39.1 Å². The first-order valence-corrected chi connectivity index (χ1v) is 8.44. The lowest BCUT2D eigenvalue weighted by atomic mass is 9.90. The number of aromatic nitrogens is 2. The summed E-state index contributed by atoms with van der Waals surface area (Å²) in [6, 6.07) is 0.377. The van der Waals surface area contributed by atoms with E-state index in [9.17, 15) is 0 Å². The lowest BCUT2D eigenvalue weighted by Crippen LogP contribution is -2.28. The van der Waals surface area contributed by atoms with Crippen molar-refractivity contribution in [2.24, 2.45) is 5.92 Å². The normalized spacial score (nSPS) is 18.9. The van der Waals surface area contributed by atoms with Gasteiger partial charge in [-0.25, -0.2) is 0 Å². The minimum Gasteiger partial charge on any atom is -0.383 e. The van der Waals surface area contributed by atoms with Gasteiger partial charge >= 0.3 is 0 Å². The third-order valence-electron chi connectivity index (χ3n) is 4.32. The molecule has 1 aliphatic carbocycles. The third-order valence-corrected chi connectivity index (χ3v) is 4.93. The second kappa shape index (κ2) is 8.15. The maximum absolute atomic E-state index is 5.19. The molecule has 114 valence electrons. The highest BCUT2D eigenvalue weighted by molar-refractivity contribution is 9.10. The molecular weight excluding hydrogens is 318 g/mol. The number of ether oxygens (including phenoxy) is 1. The molecule has 1 N–H and O–H groups in total. The van der Waals surface area contributed by atoms with Crippen molar-refractivity contribution in [1.29, 1.82) is 0 Å². The molecule has 4 nitrogen and oxygen atoms in total. The number of methoxy groups -OCH3 is 1. The number of nitrogens with one attached hydrogen (secondary N) is 1. The monoisotopic (exact) mass is 343 g/mol. The zero-order chi connectivity index (χ0) is 14.4. The number of hydrogen-bond donors (Lipinski definition) is 1. The van der Waals surface area contributed by atoms with E-state index in [1.807, 2.05) is 6.20 Å². The molecule has 0 aromatic carbocycles. The lowest BCUT2D eigenvalue weighted by molar-refractivity contribution is 0.180. The number of hydrogen-bond acceptors (Lipinski definition) is 3. The van der Waals surface area contributed by atoms with Crippen LogP contribution in [0, 0.1) is 5.92 Å². The zero-order valence-electron chi connectivity index (χ0n) is 12.6. The van der Waals surface area contributed by atoms with Crippen molar-refractivity contribution in [3.63, 3.8) is 0 Å². The van der Waals surface area contributed by atoms with Gasteiger partial charge in [-0.1, -0.05) is 25.7 Å². The van der Waals surface area contributed by atoms with E-state index >= 15 is 0 Å². The average molecular weight is 344 g/mol. The maximum atomic E-state index is 5.19. The van der Waals surface area contributed by atoms with Crippen molar-refractivity contribution < 1.29 is 4.74 Å². The summed E-state index contributed by atoms with van der Waals surface area (Å²) in [5.74, 6) is 0.705. The van der Waals surface area contributed by atoms with E-state index in [2.05, 4.69) is 38.1 Å². The molecule has 0 spiro atoms. The molecule has 5 heteroatoms. The summed E-state index contributed by atoms with van der Waals surface area (Å²) in [4.78, 5) is 0. The number of halogens is 1. The molecule has 0 aliphatic heterocycles. The number of rotatable bonds is 6. The maximum Gasteiger partial charge on any atom is 0.0699 e. The van der Waals surface area contributed by atoms with E-state index in [0.717, 1.165) is 11.0 Å². The van der Waals surface area contributed by atoms with E-state index in [1.165, 1.54) is 44.2 Å². The van der Waals surface area contributed by atoms with Crippen LogP contribution in [0.15, 0.2) is 10.7 Å². The van der Waals surface area contributed by atoms with Gasteiger partial charge in [-0.3, -0.25) is 4.68 Å². The van der Waals surface area contributed by atoms with E-state index < -0.39 is 0 Å². The Kier molecular flexibility index (Phi) is 6.52. The van der Waals surface area contributed by atoms with Gasteiger partial charge in [0.2, 0.25) is 0 Å². The largest absolute Gasteiger partial charge is 0.383 e. The van der Waals surface area contributed by atoms with Crippen molar-refractivity contribution in [1.82, 2.24) is 15.1 Å². The van der Waals surface area contributed by atoms with Crippen LogP contribution in [0.25, 0.3) is 0 Å². The molecule has 2 rings (SSSR count). The second-order valence-electron chi connectivity index (χ2n) is 5.61. The van der Waals surface area contributed by atoms with Crippen LogP contribution < -0.4 is 5.32 Å². The Labute approximate surface area is 130 Å². The highest BCUT2D eigenvalue weighted by atomic mass is 79.9. The molecule has 0 bridgehead atoms. The molecule has 1 saturated carbocycles. The summed E-state index contributed by atoms with van der Waals surface area (Å²) in [6.45, 7) is 1.50. The summed E-state index contributed by atoms with van der Waals surface area (Å²) in [6.07, 6.45) is 10.0. The van der Waals surface area contributed by atoms with Crippen LogP contribution in [0.2, 0.25) is 0 Å². The number of nitrogens with zero attached hydrogens (tertiary/aromatic N) is 2. The molecular formula is C15H26BrN3O. The Balaban J connectivity index is 2.18. The summed E-state index contributed by atoms with van der Waals surface area (Å²) < 4.78 is 8.38. The molecule has 1 unspecified atom stereocenters. The second-order valence-corrected chi connectivity index (χ2v) is 6.47. The summed E-state index contributed by atoms with van der Waals surface area (Å²) in [5.41, 5.74) is 1.27. The fourth-order valence-corrected chi connectivity index (χ4v) is 3.82. The minimum atomic E-state index is 0.377. The smallest absolute Gasteiger partial charge is 0.0699 e. The van der Waals surface area contributed by atoms with Crippen LogP contribution >= 0.6 is 15.9 Å². The van der Waals surface area contributed by atoms with E-state index in [1.54, 1.807) is 7.11 Å². The fourth-order valence-electron chi connectivity index (χ4n) is 3.28. The Bertz CT molecular complexity index is 400. The molecule has 1 fully saturated rings. The predicted octanol–water partition coefficient (Wildman–Crippen LogP) is 3.52.